The number of nitrogens with one attached hydrogen (secondary N) is 2. The Morgan fingerprint density at radius 3 is 3.00 bits per heavy atom. The fraction of sp³-hybridized carbons (Fsp3) is 0.118. The maximum atomic E-state index is 12.5. The van der Waals surface area contributed by atoms with Crippen molar-refractivity contribution in [3.63, 3.8) is 0 Å². The number of carbonyl (C=O) groups is 2. The molecule has 0 saturated heterocycles. The lowest BCUT2D eigenvalue weighted by Crippen LogP contribution is -2.47. The smallest absolute Gasteiger partial charge is 0.254 e. The third-order valence-electron chi connectivity index (χ3n) is 3.90. The number of nitrogens with zero attached hydrogens (tertiary/aromatic N) is 1. The Labute approximate surface area is 131 Å². The van der Waals surface area contributed by atoms with Crippen molar-refractivity contribution in [2.75, 3.05) is 6.61 Å². The summed E-state index contributed by atoms with van der Waals surface area (Å²) in [7, 11) is 0. The molecule has 0 radical (unpaired) electrons. The molecule has 6 heteroatoms. The number of fused-ring (bicyclic) bond motifs is 2. The van der Waals surface area contributed by atoms with E-state index in [1.807, 2.05) is 12.1 Å². The molecule has 6 nitrogen and oxygen atoms in total. The molecule has 3 aromatic rings. The molecule has 4 rings (SSSR count). The molecule has 1 amide bonds. The van der Waals surface area contributed by atoms with Gasteiger partial charge in [0.05, 0.1) is 22.8 Å². The fourth-order valence-electron chi connectivity index (χ4n) is 2.73. The van der Waals surface area contributed by atoms with E-state index in [-0.39, 0.29) is 18.3 Å². The van der Waals surface area contributed by atoms with Gasteiger partial charge < -0.3 is 10.1 Å². The number of ether oxygens (including phenoxy) is 1. The summed E-state index contributed by atoms with van der Waals surface area (Å²) in [5, 5.41) is 10.3. The number of rotatable bonds is 2. The molecule has 0 bridgehead atoms. The predicted octanol–water partition coefficient (Wildman–Crippen LogP) is 1.94. The summed E-state index contributed by atoms with van der Waals surface area (Å²) in [5.41, 5.74) is 1.59. The van der Waals surface area contributed by atoms with Gasteiger partial charge in [0.15, 0.2) is 5.78 Å². The molecule has 0 aliphatic carbocycles. The average Bonchev–Trinajstić information content (AvgIpc) is 3.06. The van der Waals surface area contributed by atoms with Gasteiger partial charge in [-0.25, -0.2) is 0 Å². The van der Waals surface area contributed by atoms with Gasteiger partial charge in [-0.1, -0.05) is 24.3 Å². The highest BCUT2D eigenvalue weighted by Gasteiger charge is 2.30. The SMILES string of the molecule is O=C(N[C@@H]1COc2ccccc2C1=O)c1cccc2cn[nH]c12. The van der Waals surface area contributed by atoms with Crippen LogP contribution in [0, 0.1) is 0 Å². The van der Waals surface area contributed by atoms with Gasteiger partial charge in [-0.3, -0.25) is 14.7 Å². The molecular weight excluding hydrogens is 294 g/mol. The van der Waals surface area contributed by atoms with Gasteiger partial charge in [0, 0.05) is 5.39 Å². The summed E-state index contributed by atoms with van der Waals surface area (Å²) in [5.74, 6) is 0.0804. The highest BCUT2D eigenvalue weighted by Crippen LogP contribution is 2.24. The number of para-hydroxylation sites is 2. The van der Waals surface area contributed by atoms with Gasteiger partial charge in [0.1, 0.15) is 18.4 Å². The number of Topliss-reactive ketones (excluding diaryl/α,β-unsaturated/α-hetero) is 1. The van der Waals surface area contributed by atoms with E-state index < -0.39 is 6.04 Å². The van der Waals surface area contributed by atoms with Gasteiger partial charge in [-0.2, -0.15) is 5.10 Å². The van der Waals surface area contributed by atoms with Crippen molar-refractivity contribution in [3.05, 3.63) is 59.8 Å². The van der Waals surface area contributed by atoms with Crippen LogP contribution in [0.5, 0.6) is 5.75 Å². The first-order valence-corrected chi connectivity index (χ1v) is 7.23. The minimum Gasteiger partial charge on any atom is -0.490 e. The quantitative estimate of drug-likeness (QED) is 0.758. The molecule has 2 aromatic carbocycles. The Hall–Kier alpha value is -3.15. The molecule has 1 aliphatic rings. The predicted molar refractivity (Wildman–Crippen MR) is 83.6 cm³/mol. The molecule has 23 heavy (non-hydrogen) atoms. The van der Waals surface area contributed by atoms with Crippen LogP contribution in [-0.2, 0) is 0 Å². The van der Waals surface area contributed by atoms with Crippen LogP contribution in [0.2, 0.25) is 0 Å². The Morgan fingerprint density at radius 2 is 2.09 bits per heavy atom. The number of aromatic nitrogens is 2. The van der Waals surface area contributed by atoms with Crippen LogP contribution in [-0.4, -0.2) is 34.5 Å². The normalized spacial score (nSPS) is 16.7. The first-order valence-electron chi connectivity index (χ1n) is 7.23. The number of H-pyrrole nitrogens is 1. The highest BCUT2D eigenvalue weighted by atomic mass is 16.5. The largest absolute Gasteiger partial charge is 0.490 e. The summed E-state index contributed by atoms with van der Waals surface area (Å²) in [6.45, 7) is 0.126. The lowest BCUT2D eigenvalue weighted by atomic mass is 10.0. The number of benzene rings is 2. The van der Waals surface area contributed by atoms with Crippen LogP contribution in [0.3, 0.4) is 0 Å². The van der Waals surface area contributed by atoms with Gasteiger partial charge in [0.25, 0.3) is 5.91 Å². The van der Waals surface area contributed by atoms with Crippen molar-refractivity contribution in [2.24, 2.45) is 0 Å². The third kappa shape index (κ3) is 2.24. The number of carbonyl (C=O) groups excluding carboxylic acids is 2. The topological polar surface area (TPSA) is 84.1 Å². The maximum Gasteiger partial charge on any atom is 0.254 e. The lowest BCUT2D eigenvalue weighted by molar-refractivity contribution is 0.0796. The number of hydrogen-bond donors (Lipinski definition) is 2. The molecule has 1 aromatic heterocycles. The Kier molecular flexibility index (Phi) is 3.08. The molecule has 0 saturated carbocycles. The minimum atomic E-state index is -0.699. The summed E-state index contributed by atoms with van der Waals surface area (Å²) < 4.78 is 5.56. The first kappa shape index (κ1) is 13.5. The van der Waals surface area contributed by atoms with E-state index in [4.69, 9.17) is 4.74 Å². The zero-order valence-corrected chi connectivity index (χ0v) is 12.1. The van der Waals surface area contributed by atoms with Crippen molar-refractivity contribution in [2.45, 2.75) is 6.04 Å². The van der Waals surface area contributed by atoms with E-state index in [2.05, 4.69) is 15.5 Å². The minimum absolute atomic E-state index is 0.126. The number of ketones is 1. The maximum absolute atomic E-state index is 12.5. The van der Waals surface area contributed by atoms with Gasteiger partial charge >= 0.3 is 0 Å². The van der Waals surface area contributed by atoms with Crippen LogP contribution < -0.4 is 10.1 Å². The van der Waals surface area contributed by atoms with Gasteiger partial charge in [-0.05, 0) is 18.2 Å². The fourth-order valence-corrected chi connectivity index (χ4v) is 2.73. The second-order valence-electron chi connectivity index (χ2n) is 5.34. The summed E-state index contributed by atoms with van der Waals surface area (Å²) >= 11 is 0. The van der Waals surface area contributed by atoms with E-state index in [9.17, 15) is 9.59 Å². The van der Waals surface area contributed by atoms with Crippen LogP contribution in [0.4, 0.5) is 0 Å². The molecule has 0 spiro atoms. The van der Waals surface area contributed by atoms with Gasteiger partial charge in [0.2, 0.25) is 0 Å². The number of hydrogen-bond acceptors (Lipinski definition) is 4. The summed E-state index contributed by atoms with van der Waals surface area (Å²) in [6.07, 6.45) is 1.65. The lowest BCUT2D eigenvalue weighted by Gasteiger charge is -2.24. The number of aromatic amines is 1. The average molecular weight is 307 g/mol. The molecule has 2 heterocycles. The zero-order chi connectivity index (χ0) is 15.8. The second-order valence-corrected chi connectivity index (χ2v) is 5.34. The Bertz CT molecular complexity index is 916. The van der Waals surface area contributed by atoms with E-state index >= 15 is 0 Å². The van der Waals surface area contributed by atoms with E-state index in [1.165, 1.54) is 0 Å². The van der Waals surface area contributed by atoms with Gasteiger partial charge in [-0.15, -0.1) is 0 Å². The van der Waals surface area contributed by atoms with Crippen molar-refractivity contribution in [1.29, 1.82) is 0 Å². The molecule has 1 atom stereocenters. The van der Waals surface area contributed by atoms with Crippen molar-refractivity contribution in [1.82, 2.24) is 15.5 Å². The monoisotopic (exact) mass is 307 g/mol. The second kappa shape index (κ2) is 5.24. The third-order valence-corrected chi connectivity index (χ3v) is 3.90. The molecular formula is C17H13N3O3. The van der Waals surface area contributed by atoms with Crippen LogP contribution in [0.15, 0.2) is 48.7 Å². The van der Waals surface area contributed by atoms with E-state index in [0.29, 0.717) is 22.4 Å². The summed E-state index contributed by atoms with van der Waals surface area (Å²) in [6, 6.07) is 11.7. The van der Waals surface area contributed by atoms with Crippen LogP contribution >= 0.6 is 0 Å². The Balaban J connectivity index is 1.60. The van der Waals surface area contributed by atoms with Crippen molar-refractivity contribution >= 4 is 22.6 Å². The standard InChI is InChI=1S/C17H13N3O3/c21-16-11-5-1-2-7-14(11)23-9-13(16)19-17(22)12-6-3-4-10-8-18-20-15(10)12/h1-8,13H,9H2,(H,18,20)(H,19,22)/t13-/m1/s1. The van der Waals surface area contributed by atoms with Crippen LogP contribution in [0.25, 0.3) is 10.9 Å². The van der Waals surface area contributed by atoms with Crippen molar-refractivity contribution in [3.8, 4) is 5.75 Å². The Morgan fingerprint density at radius 1 is 1.22 bits per heavy atom. The first-order chi connectivity index (χ1) is 11.2. The van der Waals surface area contributed by atoms with E-state index in [1.54, 1.807) is 36.5 Å². The molecule has 1 aliphatic heterocycles. The zero-order valence-electron chi connectivity index (χ0n) is 12.1. The molecule has 2 N–H and O–H groups in total. The van der Waals surface area contributed by atoms with Crippen LogP contribution in [0.1, 0.15) is 20.7 Å². The van der Waals surface area contributed by atoms with E-state index in [0.717, 1.165) is 5.39 Å². The molecule has 0 unspecified atom stereocenters. The molecule has 114 valence electrons. The summed E-state index contributed by atoms with van der Waals surface area (Å²) in [4.78, 5) is 25.0. The van der Waals surface area contributed by atoms with Crippen molar-refractivity contribution < 1.29 is 14.3 Å². The number of amides is 1. The highest BCUT2D eigenvalue weighted by molar-refractivity contribution is 6.09. The molecule has 0 fully saturated rings.